The van der Waals surface area contributed by atoms with Crippen LogP contribution in [0.3, 0.4) is 0 Å². The molecule has 9 rings (SSSR count). The average Bonchev–Trinajstić information content (AvgIpc) is 3.92. The molecule has 14 nitrogen and oxygen atoms in total. The molecule has 2 aromatic carbocycles. The Balaban J connectivity index is 0.000000134. The van der Waals surface area contributed by atoms with Gasteiger partial charge in [-0.1, -0.05) is 12.8 Å². The van der Waals surface area contributed by atoms with Crippen LogP contribution in [-0.2, 0) is 25.7 Å². The van der Waals surface area contributed by atoms with Crippen molar-refractivity contribution in [3.05, 3.63) is 70.0 Å². The standard InChI is InChI=1S/C18H16FN3O3.C11H10FNO3.C9H14N2O2/c1-21-8-14-20-15-11-6-5-9(19)7-13(11)25-16(15)18(24)22(14)12-4-2-3-10(12)17(21)23;1-2-15-11(14)10-9(13)7-4-3-6(12)5-8(7)16-10;1-11-5-8(12)10-7-4-2-3-6(7)9(11)13/h5-7,10,12H,2-4,8H2,1H3;3-5H,2,13H2,1H3;6-7H,2-5H2,1H3,(H,10,12)/t10-,12+;;6-,7+/m0.0/s1. The number of nitrogen functional groups attached to an aromatic ring is 1. The quantitative estimate of drug-likeness (QED) is 0.241. The molecule has 0 spiro atoms. The number of fused-ring (bicyclic) bond motifs is 8. The lowest BCUT2D eigenvalue weighted by atomic mass is 10.0. The summed E-state index contributed by atoms with van der Waals surface area (Å²) >= 11 is 0. The van der Waals surface area contributed by atoms with Crippen LogP contribution in [0.5, 0.6) is 0 Å². The number of nitrogens with two attached hydrogens (primary N) is 1. The van der Waals surface area contributed by atoms with Crippen LogP contribution in [-0.4, -0.2) is 76.3 Å². The van der Waals surface area contributed by atoms with Crippen molar-refractivity contribution in [3.8, 4) is 0 Å². The summed E-state index contributed by atoms with van der Waals surface area (Å²) in [5.41, 5.74) is 6.71. The molecule has 2 aliphatic heterocycles. The molecular weight excluding hydrogens is 706 g/mol. The molecule has 0 unspecified atom stereocenters. The van der Waals surface area contributed by atoms with Crippen LogP contribution < -0.4 is 16.6 Å². The molecule has 3 N–H and O–H groups in total. The van der Waals surface area contributed by atoms with Crippen LogP contribution in [0, 0.1) is 23.5 Å². The number of aromatic nitrogens is 2. The lowest BCUT2D eigenvalue weighted by Crippen LogP contribution is -2.37. The molecule has 4 atom stereocenters. The number of halogens is 2. The molecule has 3 aromatic heterocycles. The minimum atomic E-state index is -0.642. The van der Waals surface area contributed by atoms with Gasteiger partial charge in [0.1, 0.15) is 34.1 Å². The number of furan rings is 2. The van der Waals surface area contributed by atoms with Crippen molar-refractivity contribution in [1.29, 1.82) is 0 Å². The Labute approximate surface area is 307 Å². The second kappa shape index (κ2) is 14.6. The number of carbonyl (C=O) groups excluding carboxylic acids is 4. The van der Waals surface area contributed by atoms with Crippen LogP contribution in [0.15, 0.2) is 50.0 Å². The van der Waals surface area contributed by atoms with Gasteiger partial charge in [0.05, 0.1) is 43.3 Å². The molecule has 0 bridgehead atoms. The van der Waals surface area contributed by atoms with E-state index in [9.17, 15) is 32.8 Å². The maximum atomic E-state index is 13.5. The van der Waals surface area contributed by atoms with E-state index < -0.39 is 17.6 Å². The Morgan fingerprint density at radius 1 is 0.889 bits per heavy atom. The van der Waals surface area contributed by atoms with Crippen molar-refractivity contribution in [1.82, 2.24) is 24.7 Å². The zero-order valence-electron chi connectivity index (χ0n) is 30.0. The number of hydrogen-bond acceptors (Lipinski definition) is 10. The molecule has 3 fully saturated rings. The van der Waals surface area contributed by atoms with Gasteiger partial charge in [0.15, 0.2) is 0 Å². The number of nitrogens with zero attached hydrogens (tertiary/aromatic N) is 4. The van der Waals surface area contributed by atoms with Gasteiger partial charge in [-0.3, -0.25) is 23.7 Å². The predicted molar refractivity (Wildman–Crippen MR) is 192 cm³/mol. The Kier molecular flexibility index (Phi) is 9.85. The summed E-state index contributed by atoms with van der Waals surface area (Å²) in [5.74, 6) is -1.01. The summed E-state index contributed by atoms with van der Waals surface area (Å²) in [6, 6.07) is 7.98. The number of benzene rings is 2. The summed E-state index contributed by atoms with van der Waals surface area (Å²) in [6.07, 6.45) is 5.39. The van der Waals surface area contributed by atoms with E-state index in [1.807, 2.05) is 0 Å². The van der Waals surface area contributed by atoms with Gasteiger partial charge in [0.2, 0.25) is 29.1 Å². The molecule has 0 radical (unpaired) electrons. The van der Waals surface area contributed by atoms with Gasteiger partial charge < -0.3 is 34.4 Å². The molecule has 1 saturated heterocycles. The number of carbonyl (C=O) groups is 4. The summed E-state index contributed by atoms with van der Waals surface area (Å²) in [5, 5.41) is 4.01. The van der Waals surface area contributed by atoms with Gasteiger partial charge in [-0.05, 0) is 56.9 Å². The SMILES string of the molecule is CCOC(=O)c1oc2cc(F)ccc2c1N.CN1CC(=O)N[C@@H]2CCC[C@@H]2C1=O.CN1Cc2nc3c(oc4cc(F)ccc43)c(=O)n2[C@@H]2CCC[C@@H]2C1=O. The predicted octanol–water partition coefficient (Wildman–Crippen LogP) is 4.67. The Bertz CT molecular complexity index is 2370. The van der Waals surface area contributed by atoms with Crippen LogP contribution in [0.1, 0.15) is 67.9 Å². The highest BCUT2D eigenvalue weighted by Crippen LogP contribution is 2.39. The van der Waals surface area contributed by atoms with Crippen molar-refractivity contribution in [2.45, 2.75) is 64.1 Å². The van der Waals surface area contributed by atoms with Gasteiger partial charge in [-0.2, -0.15) is 0 Å². The Hall–Kier alpha value is -5.80. The van der Waals surface area contributed by atoms with Gasteiger partial charge in [0.25, 0.3) is 5.56 Å². The Morgan fingerprint density at radius 2 is 1.52 bits per heavy atom. The summed E-state index contributed by atoms with van der Waals surface area (Å²) in [4.78, 5) is 68.0. The zero-order valence-corrected chi connectivity index (χ0v) is 30.0. The number of nitrogens with one attached hydrogen (secondary N) is 1. The minimum Gasteiger partial charge on any atom is -0.460 e. The molecule has 5 aromatic rings. The van der Waals surface area contributed by atoms with Gasteiger partial charge in [0, 0.05) is 43.0 Å². The molecule has 2 aliphatic carbocycles. The largest absolute Gasteiger partial charge is 0.460 e. The van der Waals surface area contributed by atoms with Crippen LogP contribution in [0.25, 0.3) is 33.0 Å². The molecular formula is C38H40F2N6O8. The zero-order chi connectivity index (χ0) is 38.4. The van der Waals surface area contributed by atoms with E-state index in [2.05, 4.69) is 10.3 Å². The van der Waals surface area contributed by atoms with Crippen LogP contribution in [0.2, 0.25) is 0 Å². The first-order chi connectivity index (χ1) is 25.9. The average molecular weight is 747 g/mol. The maximum Gasteiger partial charge on any atom is 0.376 e. The van der Waals surface area contributed by atoms with Crippen LogP contribution in [0.4, 0.5) is 14.5 Å². The number of anilines is 1. The van der Waals surface area contributed by atoms with Gasteiger partial charge >= 0.3 is 5.97 Å². The maximum absolute atomic E-state index is 13.5. The van der Waals surface area contributed by atoms with Crippen LogP contribution >= 0.6 is 0 Å². The number of hydrogen-bond donors (Lipinski definition) is 2. The van der Waals surface area contributed by atoms with E-state index in [-0.39, 0.29) is 89.5 Å². The second-order valence-corrected chi connectivity index (χ2v) is 14.0. The monoisotopic (exact) mass is 746 g/mol. The van der Waals surface area contributed by atoms with E-state index in [1.165, 1.54) is 35.2 Å². The van der Waals surface area contributed by atoms with Gasteiger partial charge in [-0.15, -0.1) is 0 Å². The van der Waals surface area contributed by atoms with Crippen molar-refractivity contribution in [2.24, 2.45) is 11.8 Å². The summed E-state index contributed by atoms with van der Waals surface area (Å²) in [7, 11) is 3.44. The molecule has 16 heteroatoms. The Morgan fingerprint density at radius 3 is 2.24 bits per heavy atom. The smallest absolute Gasteiger partial charge is 0.376 e. The summed E-state index contributed by atoms with van der Waals surface area (Å²) in [6.45, 7) is 2.40. The summed E-state index contributed by atoms with van der Waals surface area (Å²) < 4.78 is 43.6. The van der Waals surface area contributed by atoms with E-state index in [0.29, 0.717) is 27.7 Å². The van der Waals surface area contributed by atoms with Crippen molar-refractivity contribution in [2.75, 3.05) is 33.0 Å². The first-order valence-corrected chi connectivity index (χ1v) is 17.9. The topological polar surface area (TPSA) is 183 Å². The number of rotatable bonds is 2. The molecule has 4 aliphatic rings. The fraction of sp³-hybridized carbons (Fsp3) is 0.421. The number of esters is 1. The number of ether oxygens (including phenoxy) is 1. The van der Waals surface area contributed by atoms with E-state index in [1.54, 1.807) is 36.6 Å². The second-order valence-electron chi connectivity index (χ2n) is 14.0. The fourth-order valence-corrected chi connectivity index (χ4v) is 7.98. The lowest BCUT2D eigenvalue weighted by Gasteiger charge is -2.19. The number of amides is 3. The fourth-order valence-electron chi connectivity index (χ4n) is 7.98. The van der Waals surface area contributed by atoms with Crippen molar-refractivity contribution >= 4 is 62.4 Å². The third kappa shape index (κ3) is 6.64. The number of likely N-dealkylation sites (N-methyl/N-ethyl adjacent to an activating group) is 1. The third-order valence-electron chi connectivity index (χ3n) is 10.5. The highest BCUT2D eigenvalue weighted by atomic mass is 19.1. The van der Waals surface area contributed by atoms with E-state index in [0.717, 1.165) is 38.5 Å². The molecule has 5 heterocycles. The normalized spacial score (nSPS) is 22.1. The molecule has 3 amide bonds. The first kappa shape index (κ1) is 36.6. The first-order valence-electron chi connectivity index (χ1n) is 17.9. The van der Waals surface area contributed by atoms with E-state index >= 15 is 0 Å². The lowest BCUT2D eigenvalue weighted by molar-refractivity contribution is -0.135. The van der Waals surface area contributed by atoms with E-state index in [4.69, 9.17) is 19.3 Å². The highest BCUT2D eigenvalue weighted by molar-refractivity contribution is 6.03. The molecule has 2 saturated carbocycles. The molecule has 284 valence electrons. The van der Waals surface area contributed by atoms with Crippen molar-refractivity contribution in [3.63, 3.8) is 0 Å². The van der Waals surface area contributed by atoms with Gasteiger partial charge in [-0.25, -0.2) is 18.6 Å². The molecule has 54 heavy (non-hydrogen) atoms. The van der Waals surface area contributed by atoms with Crippen molar-refractivity contribution < 1.29 is 41.5 Å². The minimum absolute atomic E-state index is 0.0229. The third-order valence-corrected chi connectivity index (χ3v) is 10.5. The highest BCUT2D eigenvalue weighted by Gasteiger charge is 2.41.